The van der Waals surface area contributed by atoms with Crippen molar-refractivity contribution >= 4 is 74.0 Å². The van der Waals surface area contributed by atoms with Gasteiger partial charge < -0.3 is 4.98 Å². The van der Waals surface area contributed by atoms with Gasteiger partial charge in [0.25, 0.3) is 0 Å². The van der Waals surface area contributed by atoms with Crippen LogP contribution in [-0.4, -0.2) is 9.55 Å². The lowest BCUT2D eigenvalue weighted by Crippen LogP contribution is -1.95. The summed E-state index contributed by atoms with van der Waals surface area (Å²) in [4.78, 5) is 3.12. The van der Waals surface area contributed by atoms with E-state index in [0.29, 0.717) is 25.5 Å². The number of aromatic nitrogens is 2. The number of hydrogen-bond acceptors (Lipinski definition) is 1. The molecule has 0 radical (unpaired) electrons. The Balaban J connectivity index is 2.41. The predicted octanol–water partition coefficient (Wildman–Crippen LogP) is 6.41. The zero-order valence-corrected chi connectivity index (χ0v) is 14.4. The fourth-order valence-electron chi connectivity index (χ4n) is 2.00. The quantitative estimate of drug-likeness (QED) is 0.364. The third-order valence-corrected chi connectivity index (χ3v) is 5.18. The van der Waals surface area contributed by atoms with E-state index in [1.54, 1.807) is 6.07 Å². The highest BCUT2D eigenvalue weighted by Gasteiger charge is 2.14. The van der Waals surface area contributed by atoms with E-state index in [1.807, 2.05) is 28.8 Å². The molecule has 0 amide bonds. The van der Waals surface area contributed by atoms with E-state index in [-0.39, 0.29) is 0 Å². The molecule has 0 unspecified atom stereocenters. The second-order valence-electron chi connectivity index (χ2n) is 4.12. The van der Waals surface area contributed by atoms with Gasteiger partial charge in [-0.2, -0.15) is 0 Å². The Morgan fingerprint density at radius 3 is 2.55 bits per heavy atom. The lowest BCUT2D eigenvalue weighted by Gasteiger charge is -2.09. The molecule has 102 valence electrons. The lowest BCUT2D eigenvalue weighted by molar-refractivity contribution is 1.06. The minimum Gasteiger partial charge on any atom is -0.330 e. The highest BCUT2D eigenvalue weighted by atomic mass is 79.9. The van der Waals surface area contributed by atoms with Crippen LogP contribution in [0.25, 0.3) is 16.7 Å². The Kier molecular flexibility index (Phi) is 3.86. The van der Waals surface area contributed by atoms with Crippen LogP contribution in [0.15, 0.2) is 34.8 Å². The fourth-order valence-corrected chi connectivity index (χ4v) is 3.33. The van der Waals surface area contributed by atoms with Crippen molar-refractivity contribution in [3.63, 3.8) is 0 Å². The Bertz CT molecular complexity index is 885. The third-order valence-electron chi connectivity index (χ3n) is 2.90. The standard InChI is InChI=1S/C13H6BrCl3N2S/c14-7-2-4-9(12(17)11(7)16)19-10-5-6(15)1-3-8(10)18-13(19)20/h1-5H,(H,18,20). The van der Waals surface area contributed by atoms with Gasteiger partial charge in [0.05, 0.1) is 26.8 Å². The second-order valence-corrected chi connectivity index (χ2v) is 6.55. The van der Waals surface area contributed by atoms with Crippen LogP contribution in [0.2, 0.25) is 15.1 Å². The molecular formula is C13H6BrCl3N2S. The molecule has 0 aliphatic carbocycles. The molecule has 0 fully saturated rings. The van der Waals surface area contributed by atoms with Gasteiger partial charge in [0.15, 0.2) is 4.77 Å². The number of benzene rings is 2. The zero-order valence-electron chi connectivity index (χ0n) is 9.75. The summed E-state index contributed by atoms with van der Waals surface area (Å²) >= 11 is 27.3. The van der Waals surface area contributed by atoms with Crippen LogP contribution in [-0.2, 0) is 0 Å². The fraction of sp³-hybridized carbons (Fsp3) is 0. The van der Waals surface area contributed by atoms with Crippen molar-refractivity contribution in [1.29, 1.82) is 0 Å². The normalized spacial score (nSPS) is 11.2. The summed E-state index contributed by atoms with van der Waals surface area (Å²) < 4.78 is 3.08. The van der Waals surface area contributed by atoms with E-state index in [2.05, 4.69) is 20.9 Å². The Labute approximate surface area is 143 Å². The number of rotatable bonds is 1. The van der Waals surface area contributed by atoms with Gasteiger partial charge in [0.1, 0.15) is 0 Å². The van der Waals surface area contributed by atoms with E-state index < -0.39 is 0 Å². The zero-order chi connectivity index (χ0) is 14.4. The first-order valence-electron chi connectivity index (χ1n) is 5.53. The molecule has 1 heterocycles. The first-order valence-corrected chi connectivity index (χ1v) is 7.86. The SMILES string of the molecule is S=c1[nH]c2ccc(Cl)cc2n1-c1ccc(Br)c(Cl)c1Cl. The molecule has 3 aromatic rings. The molecule has 0 saturated carbocycles. The van der Waals surface area contributed by atoms with Crippen molar-refractivity contribution < 1.29 is 0 Å². The van der Waals surface area contributed by atoms with Gasteiger partial charge in [0, 0.05) is 9.50 Å². The summed E-state index contributed by atoms with van der Waals surface area (Å²) in [5.41, 5.74) is 2.44. The van der Waals surface area contributed by atoms with Crippen molar-refractivity contribution in [2.24, 2.45) is 0 Å². The predicted molar refractivity (Wildman–Crippen MR) is 91.2 cm³/mol. The van der Waals surface area contributed by atoms with Crippen molar-refractivity contribution in [2.75, 3.05) is 0 Å². The number of hydrogen-bond donors (Lipinski definition) is 1. The Morgan fingerprint density at radius 1 is 1.05 bits per heavy atom. The van der Waals surface area contributed by atoms with Gasteiger partial charge in [-0.1, -0.05) is 34.8 Å². The van der Waals surface area contributed by atoms with Gasteiger partial charge in [-0.15, -0.1) is 0 Å². The van der Waals surface area contributed by atoms with Gasteiger partial charge in [0.2, 0.25) is 0 Å². The van der Waals surface area contributed by atoms with Crippen LogP contribution in [0.1, 0.15) is 0 Å². The number of fused-ring (bicyclic) bond motifs is 1. The summed E-state index contributed by atoms with van der Waals surface area (Å²) in [5, 5.41) is 1.50. The Hall–Kier alpha value is -0.520. The molecule has 3 rings (SSSR count). The van der Waals surface area contributed by atoms with E-state index in [0.717, 1.165) is 15.5 Å². The third kappa shape index (κ3) is 2.30. The number of H-pyrrole nitrogens is 1. The number of halogens is 4. The highest BCUT2D eigenvalue weighted by molar-refractivity contribution is 9.10. The molecular weight excluding hydrogens is 402 g/mol. The minimum absolute atomic E-state index is 0.429. The summed E-state index contributed by atoms with van der Waals surface area (Å²) in [6, 6.07) is 9.18. The van der Waals surface area contributed by atoms with Crippen molar-refractivity contribution in [2.45, 2.75) is 0 Å². The van der Waals surface area contributed by atoms with Crippen molar-refractivity contribution in [3.05, 3.63) is 54.6 Å². The summed E-state index contributed by atoms with van der Waals surface area (Å²) in [5.74, 6) is 0. The molecule has 2 nitrogen and oxygen atoms in total. The van der Waals surface area contributed by atoms with E-state index in [9.17, 15) is 0 Å². The minimum atomic E-state index is 0.429. The molecule has 1 aromatic heterocycles. The van der Waals surface area contributed by atoms with Crippen LogP contribution in [0.3, 0.4) is 0 Å². The van der Waals surface area contributed by atoms with Crippen LogP contribution in [0.4, 0.5) is 0 Å². The molecule has 0 spiro atoms. The maximum atomic E-state index is 6.33. The molecule has 0 saturated heterocycles. The summed E-state index contributed by atoms with van der Waals surface area (Å²) in [6.45, 7) is 0. The molecule has 0 aliphatic heterocycles. The van der Waals surface area contributed by atoms with Gasteiger partial charge in [-0.05, 0) is 58.5 Å². The van der Waals surface area contributed by atoms with E-state index in [1.165, 1.54) is 0 Å². The molecule has 7 heteroatoms. The second kappa shape index (κ2) is 5.35. The summed E-state index contributed by atoms with van der Waals surface area (Å²) in [6.07, 6.45) is 0. The molecule has 0 bridgehead atoms. The van der Waals surface area contributed by atoms with Gasteiger partial charge in [-0.25, -0.2) is 0 Å². The average molecular weight is 409 g/mol. The van der Waals surface area contributed by atoms with Gasteiger partial charge >= 0.3 is 0 Å². The maximum absolute atomic E-state index is 6.33. The van der Waals surface area contributed by atoms with Crippen molar-refractivity contribution in [3.8, 4) is 5.69 Å². The van der Waals surface area contributed by atoms with Crippen LogP contribution < -0.4 is 0 Å². The highest BCUT2D eigenvalue weighted by Crippen LogP contribution is 2.36. The van der Waals surface area contributed by atoms with E-state index in [4.69, 9.17) is 47.0 Å². The number of nitrogens with zero attached hydrogens (tertiary/aromatic N) is 1. The first kappa shape index (κ1) is 14.4. The first-order chi connectivity index (χ1) is 9.49. The smallest absolute Gasteiger partial charge is 0.182 e. The number of nitrogens with one attached hydrogen (secondary N) is 1. The maximum Gasteiger partial charge on any atom is 0.182 e. The molecule has 0 atom stereocenters. The van der Waals surface area contributed by atoms with Crippen LogP contribution >= 0.6 is 63.0 Å². The molecule has 1 N–H and O–H groups in total. The van der Waals surface area contributed by atoms with Gasteiger partial charge in [-0.3, -0.25) is 4.57 Å². The topological polar surface area (TPSA) is 20.7 Å². The van der Waals surface area contributed by atoms with E-state index >= 15 is 0 Å². The van der Waals surface area contributed by atoms with Crippen LogP contribution in [0.5, 0.6) is 0 Å². The van der Waals surface area contributed by atoms with Crippen LogP contribution in [0, 0.1) is 4.77 Å². The van der Waals surface area contributed by atoms with Crippen molar-refractivity contribution in [1.82, 2.24) is 9.55 Å². The number of imidazole rings is 1. The number of aromatic amines is 1. The molecule has 2 aromatic carbocycles. The average Bonchev–Trinajstić information content (AvgIpc) is 2.72. The lowest BCUT2D eigenvalue weighted by atomic mass is 10.3. The molecule has 0 aliphatic rings. The Morgan fingerprint density at radius 2 is 1.80 bits per heavy atom. The largest absolute Gasteiger partial charge is 0.330 e. The summed E-state index contributed by atoms with van der Waals surface area (Å²) in [7, 11) is 0. The monoisotopic (exact) mass is 406 g/mol. The molecule has 20 heavy (non-hydrogen) atoms.